The van der Waals surface area contributed by atoms with Gasteiger partial charge in [-0.2, -0.15) is 0 Å². The number of benzene rings is 1. The summed E-state index contributed by atoms with van der Waals surface area (Å²) in [5.41, 5.74) is 1.91. The van der Waals surface area contributed by atoms with Gasteiger partial charge in [-0.1, -0.05) is 32.9 Å². The van der Waals surface area contributed by atoms with Gasteiger partial charge in [-0.3, -0.25) is 9.59 Å². The van der Waals surface area contributed by atoms with E-state index in [1.165, 1.54) is 0 Å². The van der Waals surface area contributed by atoms with E-state index in [-0.39, 0.29) is 22.5 Å². The molecule has 2 saturated carbocycles. The molecule has 2 fully saturated rings. The van der Waals surface area contributed by atoms with E-state index in [0.717, 1.165) is 29.7 Å². The van der Waals surface area contributed by atoms with Gasteiger partial charge >= 0.3 is 0 Å². The molecule has 3 nitrogen and oxygen atoms in total. The Morgan fingerprint density at radius 2 is 1.82 bits per heavy atom. The first kappa shape index (κ1) is 15.3. The molecule has 2 atom stereocenters. The average molecular weight is 299 g/mol. The minimum Gasteiger partial charge on any atom is -0.325 e. The van der Waals surface area contributed by atoms with Crippen LogP contribution in [0.5, 0.6) is 0 Å². The second kappa shape index (κ2) is 4.43. The van der Waals surface area contributed by atoms with E-state index in [1.54, 1.807) is 0 Å². The third-order valence-electron chi connectivity index (χ3n) is 6.99. The van der Waals surface area contributed by atoms with Crippen molar-refractivity contribution in [2.75, 3.05) is 5.32 Å². The van der Waals surface area contributed by atoms with E-state index in [4.69, 9.17) is 0 Å². The fourth-order valence-corrected chi connectivity index (χ4v) is 4.49. The van der Waals surface area contributed by atoms with Crippen molar-refractivity contribution < 1.29 is 9.59 Å². The van der Waals surface area contributed by atoms with Crippen LogP contribution in [0.25, 0.3) is 0 Å². The highest BCUT2D eigenvalue weighted by Crippen LogP contribution is 2.70. The molecule has 1 N–H and O–H groups in total. The van der Waals surface area contributed by atoms with Crippen LogP contribution in [0, 0.1) is 30.1 Å². The summed E-state index contributed by atoms with van der Waals surface area (Å²) in [4.78, 5) is 25.6. The van der Waals surface area contributed by atoms with Crippen molar-refractivity contribution >= 4 is 17.4 Å². The monoisotopic (exact) mass is 299 g/mol. The SMILES string of the molecule is Cc1cccc(NC(=O)[C@@]23CC[C@@](C)(C(=O)C2)C3(C)C)c1C. The quantitative estimate of drug-likeness (QED) is 0.896. The molecule has 3 heteroatoms. The van der Waals surface area contributed by atoms with Crippen LogP contribution in [0.1, 0.15) is 51.2 Å². The van der Waals surface area contributed by atoms with Crippen LogP contribution >= 0.6 is 0 Å². The van der Waals surface area contributed by atoms with Crippen molar-refractivity contribution in [3.63, 3.8) is 0 Å². The Hall–Kier alpha value is -1.64. The maximum absolute atomic E-state index is 13.1. The van der Waals surface area contributed by atoms with E-state index in [1.807, 2.05) is 39.0 Å². The normalized spacial score (nSPS) is 32.3. The number of Topliss-reactive ketones (excluding diaryl/α,β-unsaturated/α-hetero) is 1. The maximum Gasteiger partial charge on any atom is 0.231 e. The summed E-state index contributed by atoms with van der Waals surface area (Å²) in [6.45, 7) is 10.3. The zero-order chi connectivity index (χ0) is 16.3. The van der Waals surface area contributed by atoms with Gasteiger partial charge in [0.15, 0.2) is 0 Å². The number of hydrogen-bond donors (Lipinski definition) is 1. The van der Waals surface area contributed by atoms with E-state index < -0.39 is 5.41 Å². The van der Waals surface area contributed by atoms with E-state index in [9.17, 15) is 9.59 Å². The maximum atomic E-state index is 13.1. The van der Waals surface area contributed by atoms with E-state index >= 15 is 0 Å². The number of hydrogen-bond acceptors (Lipinski definition) is 2. The zero-order valence-electron chi connectivity index (χ0n) is 14.2. The number of fused-ring (bicyclic) bond motifs is 2. The fourth-order valence-electron chi connectivity index (χ4n) is 4.49. The van der Waals surface area contributed by atoms with Gasteiger partial charge < -0.3 is 5.32 Å². The molecule has 118 valence electrons. The fraction of sp³-hybridized carbons (Fsp3) is 0.579. The van der Waals surface area contributed by atoms with Gasteiger partial charge in [-0.25, -0.2) is 0 Å². The molecule has 0 aliphatic heterocycles. The molecule has 1 aromatic carbocycles. The minimum absolute atomic E-state index is 0.0146. The number of aryl methyl sites for hydroxylation is 1. The molecule has 0 heterocycles. The molecule has 0 aromatic heterocycles. The van der Waals surface area contributed by atoms with Crippen molar-refractivity contribution in [1.29, 1.82) is 0 Å². The van der Waals surface area contributed by atoms with Gasteiger partial charge in [-0.05, 0) is 49.3 Å². The Morgan fingerprint density at radius 3 is 2.36 bits per heavy atom. The average Bonchev–Trinajstić information content (AvgIpc) is 2.74. The lowest BCUT2D eigenvalue weighted by Gasteiger charge is -2.38. The molecule has 22 heavy (non-hydrogen) atoms. The second-order valence-electron chi connectivity index (χ2n) is 7.84. The second-order valence-corrected chi connectivity index (χ2v) is 7.84. The van der Waals surface area contributed by atoms with Gasteiger partial charge in [0.05, 0.1) is 5.41 Å². The van der Waals surface area contributed by atoms with Crippen molar-refractivity contribution in [3.05, 3.63) is 29.3 Å². The van der Waals surface area contributed by atoms with Gasteiger partial charge in [-0.15, -0.1) is 0 Å². The van der Waals surface area contributed by atoms with Gasteiger partial charge in [0.25, 0.3) is 0 Å². The Labute approximate surface area is 132 Å². The largest absolute Gasteiger partial charge is 0.325 e. The topological polar surface area (TPSA) is 46.2 Å². The lowest BCUT2D eigenvalue weighted by molar-refractivity contribution is -0.131. The number of amides is 1. The van der Waals surface area contributed by atoms with Crippen molar-refractivity contribution in [3.8, 4) is 0 Å². The predicted octanol–water partition coefficient (Wildman–Crippen LogP) is 4.03. The summed E-state index contributed by atoms with van der Waals surface area (Å²) in [5, 5.41) is 3.11. The first-order chi connectivity index (χ1) is 10.2. The Morgan fingerprint density at radius 1 is 1.14 bits per heavy atom. The molecule has 2 aliphatic rings. The van der Waals surface area contributed by atoms with Gasteiger partial charge in [0.2, 0.25) is 5.91 Å². The first-order valence-electron chi connectivity index (χ1n) is 8.07. The Bertz CT molecular complexity index is 676. The van der Waals surface area contributed by atoms with Crippen LogP contribution in [-0.2, 0) is 9.59 Å². The molecule has 3 rings (SSSR count). The Balaban J connectivity index is 1.96. The molecule has 2 bridgehead atoms. The third-order valence-corrected chi connectivity index (χ3v) is 6.99. The minimum atomic E-state index is -0.560. The lowest BCUT2D eigenvalue weighted by atomic mass is 9.64. The zero-order valence-corrected chi connectivity index (χ0v) is 14.2. The third kappa shape index (κ3) is 1.62. The molecule has 0 spiro atoms. The number of ketones is 1. The van der Waals surface area contributed by atoms with Gasteiger partial charge in [0.1, 0.15) is 5.78 Å². The number of carbonyl (C=O) groups is 2. The summed E-state index contributed by atoms with van der Waals surface area (Å²) >= 11 is 0. The summed E-state index contributed by atoms with van der Waals surface area (Å²) in [6, 6.07) is 5.94. The highest BCUT2D eigenvalue weighted by atomic mass is 16.2. The summed E-state index contributed by atoms with van der Waals surface area (Å²) in [7, 11) is 0. The van der Waals surface area contributed by atoms with Crippen LogP contribution in [0.2, 0.25) is 0 Å². The highest BCUT2D eigenvalue weighted by molar-refractivity contribution is 6.04. The molecule has 0 unspecified atom stereocenters. The first-order valence-corrected chi connectivity index (χ1v) is 8.07. The van der Waals surface area contributed by atoms with Crippen LogP contribution in [0.3, 0.4) is 0 Å². The van der Waals surface area contributed by atoms with Crippen LogP contribution < -0.4 is 5.32 Å². The molecule has 1 amide bonds. The standard InChI is InChI=1S/C19H25NO2/c1-12-7-6-8-14(13(12)2)20-16(22)19-10-9-18(5,15(21)11-19)17(19,3)4/h6-8H,9-11H2,1-5H3,(H,20,22)/t18-,19+/m0/s1. The molecule has 2 aliphatic carbocycles. The Kier molecular flexibility index (Phi) is 3.08. The summed E-state index contributed by atoms with van der Waals surface area (Å²) < 4.78 is 0. The summed E-state index contributed by atoms with van der Waals surface area (Å²) in [5.74, 6) is 0.264. The molecule has 0 radical (unpaired) electrons. The smallest absolute Gasteiger partial charge is 0.231 e. The molecule has 0 saturated heterocycles. The van der Waals surface area contributed by atoms with Crippen molar-refractivity contribution in [2.45, 2.75) is 53.9 Å². The van der Waals surface area contributed by atoms with Gasteiger partial charge in [0, 0.05) is 17.5 Å². The van der Waals surface area contributed by atoms with Crippen molar-refractivity contribution in [1.82, 2.24) is 0 Å². The number of carbonyl (C=O) groups excluding carboxylic acids is 2. The van der Waals surface area contributed by atoms with Crippen LogP contribution in [0.15, 0.2) is 18.2 Å². The number of nitrogens with one attached hydrogen (secondary N) is 1. The van der Waals surface area contributed by atoms with Crippen LogP contribution in [-0.4, -0.2) is 11.7 Å². The van der Waals surface area contributed by atoms with Crippen molar-refractivity contribution in [2.24, 2.45) is 16.2 Å². The van der Waals surface area contributed by atoms with Crippen LogP contribution in [0.4, 0.5) is 5.69 Å². The predicted molar refractivity (Wildman–Crippen MR) is 87.7 cm³/mol. The summed E-state index contributed by atoms with van der Waals surface area (Å²) in [6.07, 6.45) is 2.01. The highest BCUT2D eigenvalue weighted by Gasteiger charge is 2.72. The molecule has 1 aromatic rings. The van der Waals surface area contributed by atoms with E-state index in [0.29, 0.717) is 6.42 Å². The molecular weight excluding hydrogens is 274 g/mol. The molecular formula is C19H25NO2. The van der Waals surface area contributed by atoms with E-state index in [2.05, 4.69) is 19.2 Å². The lowest BCUT2D eigenvalue weighted by Crippen LogP contribution is -2.43. The number of rotatable bonds is 2. The number of anilines is 1.